The zero-order chi connectivity index (χ0) is 18.6. The number of amidine groups is 1. The fourth-order valence-electron chi connectivity index (χ4n) is 3.61. The van der Waals surface area contributed by atoms with Crippen LogP contribution in [-0.4, -0.2) is 78.2 Å². The fourth-order valence-corrected chi connectivity index (χ4v) is 3.61. The summed E-state index contributed by atoms with van der Waals surface area (Å²) in [4.78, 5) is 27.8. The topological polar surface area (TPSA) is 63.5 Å². The summed E-state index contributed by atoms with van der Waals surface area (Å²) in [6.07, 6.45) is 4.78. The van der Waals surface area contributed by atoms with Gasteiger partial charge in [-0.3, -0.25) is 4.99 Å². The number of rotatable bonds is 4. The van der Waals surface area contributed by atoms with E-state index in [0.29, 0.717) is 25.7 Å². The Labute approximate surface area is 160 Å². The van der Waals surface area contributed by atoms with Gasteiger partial charge in [0.15, 0.2) is 0 Å². The average molecular weight is 366 g/mol. The molecule has 27 heavy (non-hydrogen) atoms. The summed E-state index contributed by atoms with van der Waals surface area (Å²) in [7, 11) is 0. The van der Waals surface area contributed by atoms with Crippen molar-refractivity contribution < 1.29 is 4.79 Å². The lowest BCUT2D eigenvalue weighted by atomic mass is 10.1. The minimum absolute atomic E-state index is 0.0203. The van der Waals surface area contributed by atoms with Gasteiger partial charge in [-0.05, 0) is 18.9 Å². The highest BCUT2D eigenvalue weighted by Crippen LogP contribution is 2.18. The van der Waals surface area contributed by atoms with Gasteiger partial charge in [0.25, 0.3) is 0 Å². The molecule has 142 valence electrons. The van der Waals surface area contributed by atoms with Crippen LogP contribution in [0, 0.1) is 0 Å². The molecule has 1 aromatic rings. The van der Waals surface area contributed by atoms with Crippen molar-refractivity contribution in [3.63, 3.8) is 0 Å². The van der Waals surface area contributed by atoms with Crippen molar-refractivity contribution in [2.75, 3.05) is 39.3 Å². The summed E-state index contributed by atoms with van der Waals surface area (Å²) >= 11 is 0. The largest absolute Gasteiger partial charge is 0.353 e. The first-order chi connectivity index (χ1) is 13.2. The van der Waals surface area contributed by atoms with E-state index in [2.05, 4.69) is 50.2 Å². The number of aliphatic imine (C=N–C) groups is 2. The average Bonchev–Trinajstić information content (AvgIpc) is 3.08. The second kappa shape index (κ2) is 7.82. The van der Waals surface area contributed by atoms with E-state index in [0.717, 1.165) is 37.7 Å². The van der Waals surface area contributed by atoms with E-state index in [9.17, 15) is 4.79 Å². The molecule has 0 aliphatic carbocycles. The summed E-state index contributed by atoms with van der Waals surface area (Å²) in [5, 5.41) is 3.03. The quantitative estimate of drug-likeness (QED) is 0.879. The van der Waals surface area contributed by atoms with E-state index in [-0.39, 0.29) is 6.03 Å². The molecular weight excluding hydrogens is 340 g/mol. The van der Waals surface area contributed by atoms with Gasteiger partial charge in [-0.1, -0.05) is 30.3 Å². The molecule has 3 aliphatic rings. The SMILES string of the molecule is C[C@H]1CN2C=NC(N3CCN(C(=O)NCCc4ccccc4)CC3)=CC2=N1. The van der Waals surface area contributed by atoms with Gasteiger partial charge in [-0.25, -0.2) is 9.79 Å². The molecule has 3 heterocycles. The molecule has 0 saturated carbocycles. The molecule has 2 amide bonds. The smallest absolute Gasteiger partial charge is 0.317 e. The number of fused-ring (bicyclic) bond motifs is 1. The Hall–Kier alpha value is -2.83. The molecule has 1 saturated heterocycles. The minimum atomic E-state index is 0.0203. The van der Waals surface area contributed by atoms with Gasteiger partial charge in [-0.2, -0.15) is 0 Å². The van der Waals surface area contributed by atoms with Gasteiger partial charge >= 0.3 is 6.03 Å². The summed E-state index contributed by atoms with van der Waals surface area (Å²) < 4.78 is 0. The lowest BCUT2D eigenvalue weighted by Gasteiger charge is -2.36. The van der Waals surface area contributed by atoms with Crippen LogP contribution in [0.3, 0.4) is 0 Å². The van der Waals surface area contributed by atoms with Crippen molar-refractivity contribution in [2.45, 2.75) is 19.4 Å². The van der Waals surface area contributed by atoms with Crippen molar-refractivity contribution >= 4 is 18.2 Å². The number of nitrogens with one attached hydrogen (secondary N) is 1. The maximum absolute atomic E-state index is 12.4. The number of urea groups is 1. The van der Waals surface area contributed by atoms with Gasteiger partial charge in [0.05, 0.1) is 12.4 Å². The number of benzene rings is 1. The summed E-state index contributed by atoms with van der Waals surface area (Å²) in [5.41, 5.74) is 1.24. The van der Waals surface area contributed by atoms with Gasteiger partial charge in [0.2, 0.25) is 0 Å². The number of amides is 2. The van der Waals surface area contributed by atoms with Crippen LogP contribution in [-0.2, 0) is 6.42 Å². The third-order valence-electron chi connectivity index (χ3n) is 5.12. The maximum Gasteiger partial charge on any atom is 0.317 e. The second-order valence-corrected chi connectivity index (χ2v) is 7.18. The van der Waals surface area contributed by atoms with E-state index in [1.807, 2.05) is 29.4 Å². The van der Waals surface area contributed by atoms with Crippen molar-refractivity contribution in [1.82, 2.24) is 20.0 Å². The van der Waals surface area contributed by atoms with Gasteiger partial charge in [-0.15, -0.1) is 0 Å². The molecule has 0 unspecified atom stereocenters. The molecule has 1 aromatic carbocycles. The van der Waals surface area contributed by atoms with E-state index in [1.54, 1.807) is 0 Å². The summed E-state index contributed by atoms with van der Waals surface area (Å²) in [5.74, 6) is 1.94. The number of hydrogen-bond donors (Lipinski definition) is 1. The molecule has 1 fully saturated rings. The molecule has 1 N–H and O–H groups in total. The van der Waals surface area contributed by atoms with Crippen LogP contribution in [0.5, 0.6) is 0 Å². The van der Waals surface area contributed by atoms with Crippen LogP contribution >= 0.6 is 0 Å². The number of hydrogen-bond acceptors (Lipinski definition) is 5. The number of piperazine rings is 1. The normalized spacial score (nSPS) is 21.7. The molecule has 1 atom stereocenters. The summed E-state index contributed by atoms with van der Waals surface area (Å²) in [6, 6.07) is 10.6. The van der Waals surface area contributed by atoms with E-state index in [1.165, 1.54) is 5.56 Å². The molecule has 0 radical (unpaired) electrons. The van der Waals surface area contributed by atoms with E-state index < -0.39 is 0 Å². The molecule has 3 aliphatic heterocycles. The van der Waals surface area contributed by atoms with Crippen molar-refractivity contribution in [3.8, 4) is 0 Å². The molecule has 0 aromatic heterocycles. The predicted octanol–water partition coefficient (Wildman–Crippen LogP) is 1.54. The highest BCUT2D eigenvalue weighted by Gasteiger charge is 2.26. The van der Waals surface area contributed by atoms with Crippen LogP contribution in [0.15, 0.2) is 52.2 Å². The number of carbonyl (C=O) groups excluding carboxylic acids is 1. The Bertz CT molecular complexity index is 764. The zero-order valence-corrected chi connectivity index (χ0v) is 15.7. The highest BCUT2D eigenvalue weighted by molar-refractivity contribution is 6.03. The molecular formula is C20H26N6O. The molecule has 7 nitrogen and oxygen atoms in total. The lowest BCUT2D eigenvalue weighted by molar-refractivity contribution is 0.157. The third-order valence-corrected chi connectivity index (χ3v) is 5.12. The van der Waals surface area contributed by atoms with Crippen LogP contribution in [0.2, 0.25) is 0 Å². The molecule has 4 rings (SSSR count). The number of carbonyl (C=O) groups is 1. The Morgan fingerprint density at radius 1 is 1.19 bits per heavy atom. The van der Waals surface area contributed by atoms with Crippen molar-refractivity contribution in [1.29, 1.82) is 0 Å². The summed E-state index contributed by atoms with van der Waals surface area (Å²) in [6.45, 7) is 6.66. The first-order valence-electron chi connectivity index (χ1n) is 9.61. The monoisotopic (exact) mass is 366 g/mol. The number of nitrogens with zero attached hydrogens (tertiary/aromatic N) is 5. The fraction of sp³-hybridized carbons (Fsp3) is 0.450. The molecule has 7 heteroatoms. The first kappa shape index (κ1) is 17.6. The molecule has 0 spiro atoms. The Kier molecular flexibility index (Phi) is 5.09. The van der Waals surface area contributed by atoms with Gasteiger partial charge in [0, 0.05) is 45.3 Å². The minimum Gasteiger partial charge on any atom is -0.353 e. The third kappa shape index (κ3) is 4.13. The van der Waals surface area contributed by atoms with Crippen LogP contribution < -0.4 is 5.32 Å². The van der Waals surface area contributed by atoms with Gasteiger partial charge in [0.1, 0.15) is 11.7 Å². The van der Waals surface area contributed by atoms with Crippen LogP contribution in [0.25, 0.3) is 0 Å². The van der Waals surface area contributed by atoms with E-state index in [4.69, 9.17) is 0 Å². The lowest BCUT2D eigenvalue weighted by Crippen LogP contribution is -2.51. The first-order valence-corrected chi connectivity index (χ1v) is 9.61. The van der Waals surface area contributed by atoms with Crippen LogP contribution in [0.1, 0.15) is 12.5 Å². The standard InChI is InChI=1S/C20H26N6O/c1-16-14-26-15-22-18(13-19(26)23-16)24-9-11-25(12-10-24)20(27)21-8-7-17-5-3-2-4-6-17/h2-6,13,15-16H,7-12,14H2,1H3,(H,21,27)/t16-/m0/s1. The van der Waals surface area contributed by atoms with Crippen LogP contribution in [0.4, 0.5) is 4.79 Å². The Balaban J connectivity index is 1.24. The Morgan fingerprint density at radius 2 is 1.96 bits per heavy atom. The van der Waals surface area contributed by atoms with Crippen molar-refractivity contribution in [2.24, 2.45) is 9.98 Å². The van der Waals surface area contributed by atoms with Crippen molar-refractivity contribution in [3.05, 3.63) is 47.8 Å². The van der Waals surface area contributed by atoms with E-state index >= 15 is 0 Å². The van der Waals surface area contributed by atoms with Gasteiger partial charge < -0.3 is 20.0 Å². The predicted molar refractivity (Wildman–Crippen MR) is 107 cm³/mol. The zero-order valence-electron chi connectivity index (χ0n) is 15.7. The highest BCUT2D eigenvalue weighted by atomic mass is 16.2. The molecule has 0 bridgehead atoms. The second-order valence-electron chi connectivity index (χ2n) is 7.18. The Morgan fingerprint density at radius 3 is 2.74 bits per heavy atom. The maximum atomic E-state index is 12.4.